The van der Waals surface area contributed by atoms with E-state index in [0.717, 1.165) is 12.2 Å². The second-order valence-electron chi connectivity index (χ2n) is 20.7. The first-order valence-corrected chi connectivity index (χ1v) is 25.4. The number of hydrogen-bond acceptors (Lipinski definition) is 16. The van der Waals surface area contributed by atoms with Gasteiger partial charge in [0.2, 0.25) is 5.91 Å². The molecule has 6 N–H and O–H groups in total. The zero-order valence-electron chi connectivity index (χ0n) is 42.4. The highest BCUT2D eigenvalue weighted by Gasteiger charge is 2.50. The molecule has 73 heavy (non-hydrogen) atoms. The number of amides is 2. The van der Waals surface area contributed by atoms with Gasteiger partial charge in [-0.05, 0) is 70.1 Å². The molecule has 2 unspecified atom stereocenters. The van der Waals surface area contributed by atoms with Gasteiger partial charge in [-0.2, -0.15) is 5.26 Å². The number of ether oxygens (including phenoxy) is 3. The largest absolute Gasteiger partial charge is 0.507 e. The van der Waals surface area contributed by atoms with Crippen molar-refractivity contribution in [3.8, 4) is 23.3 Å². The number of carbonyl (C=O) groups is 4. The van der Waals surface area contributed by atoms with Crippen molar-refractivity contribution in [3.63, 3.8) is 0 Å². The van der Waals surface area contributed by atoms with Crippen LogP contribution in [0, 0.1) is 30.1 Å². The molecule has 6 aliphatic rings. The van der Waals surface area contributed by atoms with Crippen molar-refractivity contribution in [2.75, 3.05) is 43.4 Å². The Hall–Kier alpha value is -6.81. The maximum atomic E-state index is 14.7. The minimum Gasteiger partial charge on any atom is -0.507 e. The zero-order valence-corrected chi connectivity index (χ0v) is 42.4. The van der Waals surface area contributed by atoms with Gasteiger partial charge in [-0.25, -0.2) is 4.99 Å². The third kappa shape index (κ3) is 11.2. The monoisotopic (exact) mass is 1000 g/mol. The van der Waals surface area contributed by atoms with E-state index in [2.05, 4.69) is 40.4 Å². The molecule has 6 heterocycles. The minimum atomic E-state index is -1.94. The van der Waals surface area contributed by atoms with Crippen molar-refractivity contribution in [1.29, 1.82) is 5.26 Å². The lowest BCUT2D eigenvalue weighted by molar-refractivity contribution is -0.155. The Morgan fingerprint density at radius 3 is 2.45 bits per heavy atom. The number of nitriles is 1. The maximum absolute atomic E-state index is 14.7. The van der Waals surface area contributed by atoms with Crippen LogP contribution in [0.5, 0.6) is 17.2 Å². The molecule has 3 aromatic carbocycles. The normalized spacial score (nSPS) is 26.4. The van der Waals surface area contributed by atoms with E-state index in [1.54, 1.807) is 56.0 Å². The van der Waals surface area contributed by atoms with Crippen molar-refractivity contribution in [3.05, 3.63) is 87.8 Å². The number of allylic oxidation sites excluding steroid dienone is 3. The summed E-state index contributed by atoms with van der Waals surface area (Å²) in [5.41, 5.74) is 1.10. The number of hydrogen-bond donors (Lipinski definition) is 6. The topological polar surface area (TPSA) is 256 Å². The number of ketones is 1. The highest BCUT2D eigenvalue weighted by Crippen LogP contribution is 2.51. The van der Waals surface area contributed by atoms with Crippen LogP contribution in [-0.4, -0.2) is 122 Å². The molecule has 2 fully saturated rings. The van der Waals surface area contributed by atoms with E-state index in [1.807, 2.05) is 12.1 Å². The summed E-state index contributed by atoms with van der Waals surface area (Å²) in [6.45, 7) is 13.8. The van der Waals surface area contributed by atoms with Gasteiger partial charge in [0.25, 0.3) is 11.7 Å². The molecule has 2 saturated heterocycles. The van der Waals surface area contributed by atoms with Gasteiger partial charge in [-0.3, -0.25) is 24.2 Å². The molecule has 18 heteroatoms. The lowest BCUT2D eigenvalue weighted by Crippen LogP contribution is -2.47. The number of phenolic OH excluding ortho intramolecular Hbond substituents is 2. The Bertz CT molecular complexity index is 2930. The van der Waals surface area contributed by atoms with Gasteiger partial charge in [0.05, 0.1) is 46.4 Å². The molecule has 9 rings (SSSR count). The first-order chi connectivity index (χ1) is 34.8. The number of piperidine rings is 2. The molecule has 0 aliphatic carbocycles. The van der Waals surface area contributed by atoms with Crippen molar-refractivity contribution in [2.45, 2.75) is 135 Å². The quantitative estimate of drug-likeness (QED) is 0.0939. The number of aliphatic hydroxyl groups excluding tert-OH is 2. The van der Waals surface area contributed by atoms with Crippen LogP contribution in [0.1, 0.15) is 114 Å². The summed E-state index contributed by atoms with van der Waals surface area (Å²) in [5, 5.41) is 62.9. The third-order valence-corrected chi connectivity index (χ3v) is 14.6. The number of anilines is 2. The van der Waals surface area contributed by atoms with Crippen LogP contribution in [0.25, 0.3) is 10.8 Å². The number of benzene rings is 3. The van der Waals surface area contributed by atoms with Gasteiger partial charge < -0.3 is 55.1 Å². The SMILES string of the molecule is C/C1=C/C=C/C(C)[C@H](O)CC(O)C[C@H](OC(=O)CC(=O)N2CCC(Nc3ccccc3C#N)CC2)CC/C=C/O[C@@]2(C)Oc3c(C)c(O)c4c(O)c(c5c(c4c3C2=O)NC2(CCN(CC(C)C)CC2)N=5)=NC1=O. The summed E-state index contributed by atoms with van der Waals surface area (Å²) < 4.78 is 18.2. The first-order valence-electron chi connectivity index (χ1n) is 25.4. The molecule has 0 aromatic heterocycles. The first kappa shape index (κ1) is 52.5. The number of carbonyl (C=O) groups excluding carboxylic acids is 4. The summed E-state index contributed by atoms with van der Waals surface area (Å²) in [5.74, 6) is -5.31. The Morgan fingerprint density at radius 2 is 1.74 bits per heavy atom. The van der Waals surface area contributed by atoms with Gasteiger partial charge in [-0.1, -0.05) is 51.1 Å². The van der Waals surface area contributed by atoms with Crippen LogP contribution >= 0.6 is 0 Å². The third-order valence-electron chi connectivity index (χ3n) is 14.6. The smallest absolute Gasteiger partial charge is 0.315 e. The van der Waals surface area contributed by atoms with E-state index in [4.69, 9.17) is 19.2 Å². The number of likely N-dealkylation sites (tertiary alicyclic amines) is 2. The standard InChI is InChI=1S/C55H67N7O11/c1-31(2)30-61-23-19-55(20-24-61)59-46-43-44-49(67)34(5)51-45(43)52(69)54(6,73-51)71-25-10-9-15-38(72-42(66)28-41(65)62-21-17-36(18-22-62)57-39-16-8-7-14-35(39)29-56)26-37(63)27-40(64)32(3)12-11-13-33(4)53(70)58-48(50(44)68)47(46)60-55/h7-8,10-14,16,25,31-32,36-38,40,57,59,63-64,67-68H,9,15,17-24,26-28,30H2,1-6H3/b12-11+,25-10+,33-13-,58-48?/t32?,37?,38-,40-,54+/m1/s1. The van der Waals surface area contributed by atoms with Gasteiger partial charge in [0.1, 0.15) is 46.5 Å². The average Bonchev–Trinajstić information content (AvgIpc) is 3.85. The molecule has 18 nitrogen and oxygen atoms in total. The van der Waals surface area contributed by atoms with Gasteiger partial charge in [0, 0.05) is 87.4 Å². The molecule has 5 bridgehead atoms. The summed E-state index contributed by atoms with van der Waals surface area (Å²) in [6, 6.07) is 9.45. The van der Waals surface area contributed by atoms with Crippen molar-refractivity contribution >= 4 is 45.7 Å². The number of fused-ring (bicyclic) bond motifs is 13. The molecule has 6 aliphatic heterocycles. The number of esters is 1. The van der Waals surface area contributed by atoms with Gasteiger partial charge in [-0.15, -0.1) is 0 Å². The minimum absolute atomic E-state index is 0.0364. The Labute approximate surface area is 424 Å². The molecule has 2 amide bonds. The Kier molecular flexibility index (Phi) is 15.6. The van der Waals surface area contributed by atoms with Gasteiger partial charge in [0.15, 0.2) is 5.75 Å². The van der Waals surface area contributed by atoms with Crippen molar-refractivity contribution < 1.29 is 53.8 Å². The number of nitrogens with one attached hydrogen (secondary N) is 2. The van der Waals surface area contributed by atoms with Crippen LogP contribution in [-0.2, 0) is 23.9 Å². The highest BCUT2D eigenvalue weighted by molar-refractivity contribution is 6.21. The van der Waals surface area contributed by atoms with Crippen molar-refractivity contribution in [2.24, 2.45) is 21.8 Å². The molecule has 388 valence electrons. The molecule has 3 aromatic rings. The number of phenols is 2. The van der Waals surface area contributed by atoms with E-state index >= 15 is 0 Å². The summed E-state index contributed by atoms with van der Waals surface area (Å²) in [6.07, 6.45) is 6.79. The van der Waals surface area contributed by atoms with E-state index in [1.165, 1.54) is 19.3 Å². The number of aromatic hydroxyl groups is 2. The Morgan fingerprint density at radius 1 is 1.01 bits per heavy atom. The number of para-hydroxylation sites is 1. The predicted octanol–water partition coefficient (Wildman–Crippen LogP) is 5.73. The predicted molar refractivity (Wildman–Crippen MR) is 271 cm³/mol. The maximum Gasteiger partial charge on any atom is 0.315 e. The van der Waals surface area contributed by atoms with Crippen LogP contribution in [0.3, 0.4) is 0 Å². The lowest BCUT2D eigenvalue weighted by atomic mass is 9.92. The molecule has 0 saturated carbocycles. The Balaban J connectivity index is 1.05. The van der Waals surface area contributed by atoms with Crippen LogP contribution in [0.15, 0.2) is 70.4 Å². The fourth-order valence-electron chi connectivity index (χ4n) is 10.4. The summed E-state index contributed by atoms with van der Waals surface area (Å²) >= 11 is 0. The molecular weight excluding hydrogens is 935 g/mol. The fraction of sp³-hybridized carbons (Fsp3) is 0.509. The molecule has 5 atom stereocenters. The second kappa shape index (κ2) is 21.7. The van der Waals surface area contributed by atoms with E-state index in [0.29, 0.717) is 69.0 Å². The van der Waals surface area contributed by atoms with E-state index in [9.17, 15) is 44.9 Å². The number of aliphatic hydroxyl groups is 2. The van der Waals surface area contributed by atoms with Crippen LogP contribution in [0.4, 0.5) is 11.4 Å². The highest BCUT2D eigenvalue weighted by atomic mass is 16.7. The summed E-state index contributed by atoms with van der Waals surface area (Å²) in [7, 11) is 0. The summed E-state index contributed by atoms with van der Waals surface area (Å²) in [4.78, 5) is 68.9. The fourth-order valence-corrected chi connectivity index (χ4v) is 10.4. The number of Topliss-reactive ketones (excluding diaryl/α,β-unsaturated/α-hetero) is 1. The zero-order chi connectivity index (χ0) is 52.4. The average molecular weight is 1000 g/mol. The van der Waals surface area contributed by atoms with E-state index in [-0.39, 0.29) is 81.4 Å². The van der Waals surface area contributed by atoms with Crippen LogP contribution < -0.4 is 26.1 Å². The number of nitrogens with zero attached hydrogens (tertiary/aromatic N) is 5. The van der Waals surface area contributed by atoms with Crippen molar-refractivity contribution in [1.82, 2.24) is 9.80 Å². The number of rotatable bonds is 7. The molecule has 1 spiro atoms. The molecular formula is C55H67N7O11. The van der Waals surface area contributed by atoms with E-state index < -0.39 is 71.4 Å². The molecule has 0 radical (unpaired) electrons. The van der Waals surface area contributed by atoms with Crippen LogP contribution in [0.2, 0.25) is 0 Å². The van der Waals surface area contributed by atoms with Gasteiger partial charge >= 0.3 is 11.8 Å². The second-order valence-corrected chi connectivity index (χ2v) is 20.7. The lowest BCUT2D eigenvalue weighted by Gasteiger charge is -2.38.